The van der Waals surface area contributed by atoms with Crippen LogP contribution < -0.4 is 5.32 Å². The molecule has 1 aromatic carbocycles. The molecule has 0 saturated carbocycles. The Balaban J connectivity index is 2.29. The van der Waals surface area contributed by atoms with Gasteiger partial charge in [0.2, 0.25) is 0 Å². The van der Waals surface area contributed by atoms with Crippen molar-refractivity contribution in [3.05, 3.63) is 57.9 Å². The number of alkyl halides is 3. The van der Waals surface area contributed by atoms with Gasteiger partial charge < -0.3 is 10.1 Å². The highest BCUT2D eigenvalue weighted by Gasteiger charge is 2.44. The van der Waals surface area contributed by atoms with Gasteiger partial charge in [0.1, 0.15) is 6.61 Å². The standard InChI is InChI=1S/C18H15F3N2O2/c1-9(2)16-11(7-22)14(15-13(23-16)8-25-17(15)24)10-5-3-4-6-12(10)18(19,20)21/h3-6,9,14,23H,8H2,1-2H3. The molecule has 0 spiro atoms. The van der Waals surface area contributed by atoms with Crippen LogP contribution in [-0.2, 0) is 15.7 Å². The first kappa shape index (κ1) is 17.1. The number of benzene rings is 1. The Hall–Kier alpha value is -2.75. The number of carbonyl (C=O) groups is 1. The number of nitriles is 1. The maximum atomic E-state index is 13.5. The summed E-state index contributed by atoms with van der Waals surface area (Å²) in [5.41, 5.74) is 0.167. The molecule has 2 aliphatic rings. The van der Waals surface area contributed by atoms with E-state index in [0.29, 0.717) is 11.4 Å². The number of hydrogen-bond donors (Lipinski definition) is 1. The zero-order chi connectivity index (χ0) is 18.4. The first-order valence-corrected chi connectivity index (χ1v) is 7.73. The van der Waals surface area contributed by atoms with Crippen molar-refractivity contribution in [2.24, 2.45) is 5.92 Å². The number of dihydropyridines is 1. The first-order chi connectivity index (χ1) is 11.8. The third kappa shape index (κ3) is 2.78. The summed E-state index contributed by atoms with van der Waals surface area (Å²) in [6.07, 6.45) is -4.59. The molecule has 0 aliphatic carbocycles. The molecular weight excluding hydrogens is 333 g/mol. The highest BCUT2D eigenvalue weighted by molar-refractivity contribution is 5.95. The molecule has 0 amide bonds. The van der Waals surface area contributed by atoms with Crippen molar-refractivity contribution in [1.29, 1.82) is 5.26 Å². The van der Waals surface area contributed by atoms with Crippen LogP contribution in [0.5, 0.6) is 0 Å². The van der Waals surface area contributed by atoms with Gasteiger partial charge in [0.25, 0.3) is 0 Å². The third-order valence-electron chi connectivity index (χ3n) is 4.32. The van der Waals surface area contributed by atoms with Crippen molar-refractivity contribution in [3.63, 3.8) is 0 Å². The lowest BCUT2D eigenvalue weighted by molar-refractivity contribution is -0.139. The summed E-state index contributed by atoms with van der Waals surface area (Å²) in [6, 6.07) is 7.03. The van der Waals surface area contributed by atoms with Gasteiger partial charge in [0, 0.05) is 5.70 Å². The number of ether oxygens (including phenoxy) is 1. The normalized spacial score (nSPS) is 20.4. The Bertz CT molecular complexity index is 845. The summed E-state index contributed by atoms with van der Waals surface area (Å²) in [4.78, 5) is 12.2. The van der Waals surface area contributed by atoms with Crippen molar-refractivity contribution in [3.8, 4) is 6.07 Å². The quantitative estimate of drug-likeness (QED) is 0.829. The number of halogens is 3. The lowest BCUT2D eigenvalue weighted by Crippen LogP contribution is -2.30. The maximum absolute atomic E-state index is 13.5. The average molecular weight is 348 g/mol. The van der Waals surface area contributed by atoms with Crippen LogP contribution in [0, 0.1) is 17.2 Å². The van der Waals surface area contributed by atoms with Crippen LogP contribution in [0.25, 0.3) is 0 Å². The predicted molar refractivity (Wildman–Crippen MR) is 82.8 cm³/mol. The lowest BCUT2D eigenvalue weighted by Gasteiger charge is -2.29. The molecule has 0 fully saturated rings. The number of nitrogens with zero attached hydrogens (tertiary/aromatic N) is 1. The molecule has 1 N–H and O–H groups in total. The fourth-order valence-corrected chi connectivity index (χ4v) is 3.24. The van der Waals surface area contributed by atoms with Gasteiger partial charge in [-0.3, -0.25) is 0 Å². The molecule has 4 nitrogen and oxygen atoms in total. The number of cyclic esters (lactones) is 1. The minimum Gasteiger partial charge on any atom is -0.456 e. The number of allylic oxidation sites excluding steroid dienone is 2. The average Bonchev–Trinajstić information content (AvgIpc) is 2.93. The molecule has 1 unspecified atom stereocenters. The maximum Gasteiger partial charge on any atom is 0.416 e. The summed E-state index contributed by atoms with van der Waals surface area (Å²) in [7, 11) is 0. The summed E-state index contributed by atoms with van der Waals surface area (Å²) in [6.45, 7) is 3.62. The van der Waals surface area contributed by atoms with Crippen LogP contribution in [0.1, 0.15) is 30.9 Å². The Morgan fingerprint density at radius 1 is 1.32 bits per heavy atom. The van der Waals surface area contributed by atoms with E-state index in [4.69, 9.17) is 4.74 Å². The zero-order valence-electron chi connectivity index (χ0n) is 13.6. The molecular formula is C18H15F3N2O2. The van der Waals surface area contributed by atoms with Crippen LogP contribution >= 0.6 is 0 Å². The Kier molecular flexibility index (Phi) is 4.07. The largest absolute Gasteiger partial charge is 0.456 e. The summed E-state index contributed by atoms with van der Waals surface area (Å²) >= 11 is 0. The minimum atomic E-state index is -4.59. The van der Waals surface area contributed by atoms with E-state index < -0.39 is 23.6 Å². The van der Waals surface area contributed by atoms with E-state index >= 15 is 0 Å². The molecule has 7 heteroatoms. The van der Waals surface area contributed by atoms with Crippen molar-refractivity contribution in [1.82, 2.24) is 5.32 Å². The van der Waals surface area contributed by atoms with Gasteiger partial charge in [-0.25, -0.2) is 4.79 Å². The van der Waals surface area contributed by atoms with Gasteiger partial charge in [-0.1, -0.05) is 32.0 Å². The van der Waals surface area contributed by atoms with Crippen LogP contribution in [0.15, 0.2) is 46.8 Å². The Morgan fingerprint density at radius 3 is 2.60 bits per heavy atom. The van der Waals surface area contributed by atoms with Crippen molar-refractivity contribution < 1.29 is 22.7 Å². The fraction of sp³-hybridized carbons (Fsp3) is 0.333. The molecule has 2 heterocycles. The van der Waals surface area contributed by atoms with Crippen LogP contribution in [0.4, 0.5) is 13.2 Å². The molecule has 0 saturated heterocycles. The second kappa shape index (κ2) is 5.96. The van der Waals surface area contributed by atoms with E-state index in [1.807, 2.05) is 19.9 Å². The van der Waals surface area contributed by atoms with Gasteiger partial charge in [0.05, 0.1) is 34.4 Å². The molecule has 25 heavy (non-hydrogen) atoms. The monoisotopic (exact) mass is 348 g/mol. The highest BCUT2D eigenvalue weighted by Crippen LogP contribution is 2.45. The van der Waals surface area contributed by atoms with E-state index in [9.17, 15) is 23.2 Å². The van der Waals surface area contributed by atoms with Crippen LogP contribution in [-0.4, -0.2) is 12.6 Å². The Labute approximate surface area is 142 Å². The predicted octanol–water partition coefficient (Wildman–Crippen LogP) is 3.64. The second-order valence-electron chi connectivity index (χ2n) is 6.21. The van der Waals surface area contributed by atoms with E-state index in [0.717, 1.165) is 6.07 Å². The van der Waals surface area contributed by atoms with Gasteiger partial charge in [-0.2, -0.15) is 18.4 Å². The summed E-state index contributed by atoms with van der Waals surface area (Å²) < 4.78 is 45.5. The van der Waals surface area contributed by atoms with Crippen molar-refractivity contribution in [2.75, 3.05) is 6.61 Å². The second-order valence-corrected chi connectivity index (χ2v) is 6.21. The smallest absolute Gasteiger partial charge is 0.416 e. The molecule has 0 bridgehead atoms. The van der Waals surface area contributed by atoms with Crippen molar-refractivity contribution in [2.45, 2.75) is 25.9 Å². The van der Waals surface area contributed by atoms with Crippen LogP contribution in [0.2, 0.25) is 0 Å². The van der Waals surface area contributed by atoms with E-state index in [1.165, 1.54) is 18.2 Å². The number of carbonyl (C=O) groups excluding carboxylic acids is 1. The molecule has 0 aromatic heterocycles. The van der Waals surface area contributed by atoms with Gasteiger partial charge >= 0.3 is 12.1 Å². The first-order valence-electron chi connectivity index (χ1n) is 7.73. The minimum absolute atomic E-state index is 0.0339. The number of hydrogen-bond acceptors (Lipinski definition) is 4. The summed E-state index contributed by atoms with van der Waals surface area (Å²) in [5.74, 6) is -1.91. The highest BCUT2D eigenvalue weighted by atomic mass is 19.4. The van der Waals surface area contributed by atoms with Crippen LogP contribution in [0.3, 0.4) is 0 Å². The van der Waals surface area contributed by atoms with Gasteiger partial charge in [0.15, 0.2) is 0 Å². The molecule has 0 radical (unpaired) electrons. The number of nitrogens with one attached hydrogen (secondary N) is 1. The van der Waals surface area contributed by atoms with E-state index in [-0.39, 0.29) is 29.2 Å². The fourth-order valence-electron chi connectivity index (χ4n) is 3.24. The summed E-state index contributed by atoms with van der Waals surface area (Å²) in [5, 5.41) is 12.7. The SMILES string of the molecule is CC(C)C1=C(C#N)C(c2ccccc2C(F)(F)F)C2=C(COC2=O)N1. The Morgan fingerprint density at radius 2 is 2.00 bits per heavy atom. The molecule has 1 atom stereocenters. The molecule has 3 rings (SSSR count). The number of esters is 1. The zero-order valence-corrected chi connectivity index (χ0v) is 13.6. The van der Waals surface area contributed by atoms with E-state index in [2.05, 4.69) is 5.32 Å². The number of rotatable bonds is 2. The van der Waals surface area contributed by atoms with E-state index in [1.54, 1.807) is 0 Å². The molecule has 130 valence electrons. The molecule has 2 aliphatic heterocycles. The van der Waals surface area contributed by atoms with Gasteiger partial charge in [-0.05, 0) is 17.5 Å². The van der Waals surface area contributed by atoms with Crippen molar-refractivity contribution >= 4 is 5.97 Å². The topological polar surface area (TPSA) is 62.1 Å². The van der Waals surface area contributed by atoms with Gasteiger partial charge in [-0.15, -0.1) is 0 Å². The lowest BCUT2D eigenvalue weighted by atomic mass is 9.78. The third-order valence-corrected chi connectivity index (χ3v) is 4.32. The molecule has 1 aromatic rings.